The summed E-state index contributed by atoms with van der Waals surface area (Å²) in [4.78, 5) is -0.564. The summed E-state index contributed by atoms with van der Waals surface area (Å²) in [7, 11) is -3.34. The van der Waals surface area contributed by atoms with Gasteiger partial charge in [0, 0.05) is 0 Å². The molecule has 0 saturated carbocycles. The summed E-state index contributed by atoms with van der Waals surface area (Å²) in [5.74, 6) is -1.23. The molecule has 78 valence electrons. The van der Waals surface area contributed by atoms with Crippen molar-refractivity contribution >= 4 is 21.7 Å². The van der Waals surface area contributed by atoms with Gasteiger partial charge in [0.2, 0.25) is 0 Å². The number of benzene rings is 1. The Labute approximate surface area is 85.0 Å². The third-order valence-corrected chi connectivity index (χ3v) is 2.73. The van der Waals surface area contributed by atoms with Crippen LogP contribution >= 0.6 is 11.6 Å². The molecule has 0 aliphatic carbocycles. The Morgan fingerprint density at radius 3 is 2.50 bits per heavy atom. The zero-order chi connectivity index (χ0) is 10.9. The Morgan fingerprint density at radius 1 is 1.50 bits per heavy atom. The molecule has 1 N–H and O–H groups in total. The number of hydrogen-bond donors (Lipinski definition) is 1. The predicted molar refractivity (Wildman–Crippen MR) is 47.8 cm³/mol. The van der Waals surface area contributed by atoms with Gasteiger partial charge in [-0.1, -0.05) is 11.6 Å². The standard InChI is InChI=1S/C7H6ClFO4S/c1-13-7-5(14(10,11)12)3-2-4(9)6(7)8/h2-3H,1H3,(H,10,11,12). The van der Waals surface area contributed by atoms with Crippen LogP contribution in [-0.4, -0.2) is 20.1 Å². The number of hydrogen-bond acceptors (Lipinski definition) is 3. The molecule has 0 fully saturated rings. The Balaban J connectivity index is 3.55. The van der Waals surface area contributed by atoms with Gasteiger partial charge in [-0.15, -0.1) is 0 Å². The van der Waals surface area contributed by atoms with Crippen molar-refractivity contribution in [2.24, 2.45) is 0 Å². The largest absolute Gasteiger partial charge is 0.494 e. The number of methoxy groups -OCH3 is 1. The summed E-state index contributed by atoms with van der Waals surface area (Å²) >= 11 is 5.43. The van der Waals surface area contributed by atoms with E-state index in [0.717, 1.165) is 19.2 Å². The van der Waals surface area contributed by atoms with Gasteiger partial charge in [-0.2, -0.15) is 8.42 Å². The van der Waals surface area contributed by atoms with E-state index in [1.54, 1.807) is 0 Å². The van der Waals surface area contributed by atoms with Crippen molar-refractivity contribution < 1.29 is 22.1 Å². The summed E-state index contributed by atoms with van der Waals surface area (Å²) in [6.45, 7) is 0. The molecule has 0 unspecified atom stereocenters. The molecule has 0 aromatic heterocycles. The van der Waals surface area contributed by atoms with Gasteiger partial charge in [0.25, 0.3) is 10.1 Å². The molecule has 1 rings (SSSR count). The number of halogens is 2. The lowest BCUT2D eigenvalue weighted by molar-refractivity contribution is 0.394. The third kappa shape index (κ3) is 1.97. The lowest BCUT2D eigenvalue weighted by Crippen LogP contribution is -2.02. The maximum Gasteiger partial charge on any atom is 0.298 e. The van der Waals surface area contributed by atoms with E-state index >= 15 is 0 Å². The minimum absolute atomic E-state index is 0.408. The summed E-state index contributed by atoms with van der Waals surface area (Å²) in [6.07, 6.45) is 0. The summed E-state index contributed by atoms with van der Waals surface area (Å²) in [5.41, 5.74) is 0. The van der Waals surface area contributed by atoms with E-state index < -0.39 is 31.6 Å². The molecule has 7 heteroatoms. The van der Waals surface area contributed by atoms with E-state index in [9.17, 15) is 12.8 Å². The minimum atomic E-state index is -4.46. The molecule has 0 heterocycles. The molecule has 0 aliphatic heterocycles. The van der Waals surface area contributed by atoms with Crippen molar-refractivity contribution in [1.82, 2.24) is 0 Å². The molecular weight excluding hydrogens is 235 g/mol. The van der Waals surface area contributed by atoms with Gasteiger partial charge < -0.3 is 4.74 Å². The van der Waals surface area contributed by atoms with E-state index in [0.29, 0.717) is 0 Å². The fourth-order valence-corrected chi connectivity index (χ4v) is 1.87. The number of rotatable bonds is 2. The van der Waals surface area contributed by atoms with Crippen LogP contribution in [0.2, 0.25) is 5.02 Å². The van der Waals surface area contributed by atoms with Gasteiger partial charge in [-0.25, -0.2) is 4.39 Å². The van der Waals surface area contributed by atoms with Crippen LogP contribution in [0.25, 0.3) is 0 Å². The van der Waals surface area contributed by atoms with E-state index in [4.69, 9.17) is 16.2 Å². The van der Waals surface area contributed by atoms with Crippen molar-refractivity contribution in [3.8, 4) is 5.75 Å². The van der Waals surface area contributed by atoms with Crippen molar-refractivity contribution in [2.45, 2.75) is 4.90 Å². The van der Waals surface area contributed by atoms with Gasteiger partial charge in [-0.05, 0) is 12.1 Å². The first kappa shape index (κ1) is 11.2. The Bertz CT molecular complexity index is 457. The average Bonchev–Trinajstić information content (AvgIpc) is 2.07. The Hall–Kier alpha value is -0.850. The average molecular weight is 241 g/mol. The molecule has 0 bridgehead atoms. The molecular formula is C7H6ClFO4S. The van der Waals surface area contributed by atoms with Crippen LogP contribution in [-0.2, 0) is 10.1 Å². The van der Waals surface area contributed by atoms with Crippen LogP contribution in [0.4, 0.5) is 4.39 Å². The highest BCUT2D eigenvalue weighted by molar-refractivity contribution is 7.86. The van der Waals surface area contributed by atoms with Crippen LogP contribution in [0, 0.1) is 5.82 Å². The quantitative estimate of drug-likeness (QED) is 0.800. The molecule has 0 aliphatic rings. The first-order valence-corrected chi connectivity index (χ1v) is 5.19. The topological polar surface area (TPSA) is 63.6 Å². The molecule has 1 aromatic carbocycles. The van der Waals surface area contributed by atoms with Crippen molar-refractivity contribution in [2.75, 3.05) is 7.11 Å². The smallest absolute Gasteiger partial charge is 0.298 e. The fraction of sp³-hybridized carbons (Fsp3) is 0.143. The van der Waals surface area contributed by atoms with Crippen LogP contribution in [0.3, 0.4) is 0 Å². The molecule has 0 radical (unpaired) electrons. The lowest BCUT2D eigenvalue weighted by atomic mass is 10.3. The molecule has 0 amide bonds. The maximum atomic E-state index is 12.8. The molecule has 4 nitrogen and oxygen atoms in total. The van der Waals surface area contributed by atoms with Gasteiger partial charge in [0.05, 0.1) is 7.11 Å². The van der Waals surface area contributed by atoms with Crippen LogP contribution in [0.5, 0.6) is 5.75 Å². The molecule has 0 atom stereocenters. The zero-order valence-corrected chi connectivity index (χ0v) is 8.56. The summed E-state index contributed by atoms with van der Waals surface area (Å²) in [6, 6.07) is 1.70. The normalized spacial score (nSPS) is 11.4. The van der Waals surface area contributed by atoms with Gasteiger partial charge >= 0.3 is 0 Å². The van der Waals surface area contributed by atoms with Crippen LogP contribution in [0.1, 0.15) is 0 Å². The minimum Gasteiger partial charge on any atom is -0.494 e. The second-order valence-corrected chi connectivity index (χ2v) is 4.14. The molecule has 0 spiro atoms. The maximum absolute atomic E-state index is 12.8. The van der Waals surface area contributed by atoms with E-state index in [2.05, 4.69) is 4.74 Å². The SMILES string of the molecule is COc1c(S(=O)(=O)O)ccc(F)c1Cl. The predicted octanol–water partition coefficient (Wildman–Crippen LogP) is 1.73. The third-order valence-electron chi connectivity index (χ3n) is 1.50. The number of ether oxygens (including phenoxy) is 1. The fourth-order valence-electron chi connectivity index (χ4n) is 0.908. The van der Waals surface area contributed by atoms with Gasteiger partial charge in [-0.3, -0.25) is 4.55 Å². The van der Waals surface area contributed by atoms with Gasteiger partial charge in [0.15, 0.2) is 5.75 Å². The van der Waals surface area contributed by atoms with E-state index in [-0.39, 0.29) is 0 Å². The first-order valence-electron chi connectivity index (χ1n) is 3.37. The molecule has 1 aromatic rings. The van der Waals surface area contributed by atoms with Crippen molar-refractivity contribution in [1.29, 1.82) is 0 Å². The lowest BCUT2D eigenvalue weighted by Gasteiger charge is -2.07. The monoisotopic (exact) mass is 240 g/mol. The second-order valence-electron chi connectivity index (χ2n) is 2.37. The van der Waals surface area contributed by atoms with Crippen LogP contribution in [0.15, 0.2) is 17.0 Å². The van der Waals surface area contributed by atoms with Crippen LogP contribution < -0.4 is 4.74 Å². The molecule has 0 saturated heterocycles. The van der Waals surface area contributed by atoms with Gasteiger partial charge in [0.1, 0.15) is 15.7 Å². The highest BCUT2D eigenvalue weighted by Gasteiger charge is 2.21. The van der Waals surface area contributed by atoms with Crippen molar-refractivity contribution in [3.63, 3.8) is 0 Å². The summed E-state index contributed by atoms with van der Waals surface area (Å²) in [5, 5.41) is -0.484. The zero-order valence-electron chi connectivity index (χ0n) is 6.99. The summed E-state index contributed by atoms with van der Waals surface area (Å²) < 4.78 is 47.7. The van der Waals surface area contributed by atoms with Crippen molar-refractivity contribution in [3.05, 3.63) is 23.0 Å². The Morgan fingerprint density at radius 2 is 2.07 bits per heavy atom. The molecule has 14 heavy (non-hydrogen) atoms. The van der Waals surface area contributed by atoms with E-state index in [1.165, 1.54) is 0 Å². The highest BCUT2D eigenvalue weighted by Crippen LogP contribution is 2.33. The van der Waals surface area contributed by atoms with E-state index in [1.807, 2.05) is 0 Å². The first-order chi connectivity index (χ1) is 6.38. The second kappa shape index (κ2) is 3.72. The Kier molecular flexibility index (Phi) is 2.98. The highest BCUT2D eigenvalue weighted by atomic mass is 35.5.